The van der Waals surface area contributed by atoms with Crippen LogP contribution in [0.15, 0.2) is 206 Å². The molecule has 0 fully saturated rings. The summed E-state index contributed by atoms with van der Waals surface area (Å²) >= 11 is 1.85. The van der Waals surface area contributed by atoms with Crippen molar-refractivity contribution in [3.05, 3.63) is 229 Å². The highest BCUT2D eigenvalue weighted by Crippen LogP contribution is 2.56. The van der Waals surface area contributed by atoms with Crippen LogP contribution in [-0.4, -0.2) is 0 Å². The summed E-state index contributed by atoms with van der Waals surface area (Å²) in [7, 11) is 0. The van der Waals surface area contributed by atoms with Gasteiger partial charge >= 0.3 is 0 Å². The van der Waals surface area contributed by atoms with Crippen molar-refractivity contribution in [2.24, 2.45) is 0 Å². The van der Waals surface area contributed by atoms with Crippen molar-refractivity contribution < 1.29 is 0 Å². The fraction of sp³-hybridized carbons (Fsp3) is 0.0196. The summed E-state index contributed by atoms with van der Waals surface area (Å²) in [5.41, 5.74) is 14.9. The maximum atomic E-state index is 2.44. The lowest BCUT2D eigenvalue weighted by atomic mass is 9.67. The lowest BCUT2D eigenvalue weighted by molar-refractivity contribution is 0.769. The Kier molecular flexibility index (Phi) is 7.34. The molecule has 0 aliphatic heterocycles. The Morgan fingerprint density at radius 1 is 0.288 bits per heavy atom. The lowest BCUT2D eigenvalue weighted by Gasteiger charge is -2.34. The van der Waals surface area contributed by atoms with Gasteiger partial charge in [-0.1, -0.05) is 182 Å². The third kappa shape index (κ3) is 4.97. The highest BCUT2D eigenvalue weighted by Gasteiger charge is 2.46. The summed E-state index contributed by atoms with van der Waals surface area (Å²) in [5, 5.41) is 2.54. The molecule has 0 unspecified atom stereocenters. The topological polar surface area (TPSA) is 0 Å². The maximum Gasteiger partial charge on any atom is 0.0713 e. The van der Waals surface area contributed by atoms with E-state index in [2.05, 4.69) is 206 Å². The highest BCUT2D eigenvalue weighted by molar-refractivity contribution is 7.18. The average Bonchev–Trinajstić information content (AvgIpc) is 3.84. The Morgan fingerprint density at radius 2 is 0.750 bits per heavy atom. The maximum absolute atomic E-state index is 2.44. The minimum absolute atomic E-state index is 0.397. The van der Waals surface area contributed by atoms with Gasteiger partial charge in [-0.2, -0.15) is 0 Å². The third-order valence-electron chi connectivity index (χ3n) is 10.8. The SMILES string of the molecule is c1ccc(C2(c3ccccc3)c3ccccc3-c3ccc(-c4ccc(-c5ccc(-c6ccc(-c7ccc8ccccc8c7)cc6)s5)cc4)cc32)cc1. The summed E-state index contributed by atoms with van der Waals surface area (Å²) in [4.78, 5) is 2.55. The summed E-state index contributed by atoms with van der Waals surface area (Å²) in [6, 6.07) is 75.9. The van der Waals surface area contributed by atoms with Gasteiger partial charge in [0.25, 0.3) is 0 Å². The molecule has 8 aromatic carbocycles. The van der Waals surface area contributed by atoms with Crippen LogP contribution in [0.5, 0.6) is 0 Å². The van der Waals surface area contributed by atoms with Crippen LogP contribution in [0.2, 0.25) is 0 Å². The van der Waals surface area contributed by atoms with Gasteiger partial charge < -0.3 is 0 Å². The van der Waals surface area contributed by atoms with Crippen LogP contribution in [0.4, 0.5) is 0 Å². The molecule has 1 heteroatoms. The van der Waals surface area contributed by atoms with Crippen molar-refractivity contribution in [2.75, 3.05) is 0 Å². The van der Waals surface area contributed by atoms with Crippen LogP contribution in [0.3, 0.4) is 0 Å². The second-order valence-electron chi connectivity index (χ2n) is 13.7. The lowest BCUT2D eigenvalue weighted by Crippen LogP contribution is -2.28. The first-order chi connectivity index (χ1) is 25.8. The smallest absolute Gasteiger partial charge is 0.0713 e. The van der Waals surface area contributed by atoms with Crippen LogP contribution >= 0.6 is 11.3 Å². The zero-order valence-electron chi connectivity index (χ0n) is 28.5. The number of hydrogen-bond acceptors (Lipinski definition) is 1. The molecule has 0 nitrogen and oxygen atoms in total. The summed E-state index contributed by atoms with van der Waals surface area (Å²) < 4.78 is 0. The average molecular weight is 679 g/mol. The molecule has 244 valence electrons. The van der Waals surface area contributed by atoms with E-state index in [9.17, 15) is 0 Å². The van der Waals surface area contributed by atoms with Gasteiger partial charge in [0.05, 0.1) is 5.41 Å². The predicted octanol–water partition coefficient (Wildman–Crippen LogP) is 13.9. The molecule has 0 atom stereocenters. The number of benzene rings is 8. The zero-order valence-corrected chi connectivity index (χ0v) is 29.4. The molecule has 1 aromatic heterocycles. The van der Waals surface area contributed by atoms with E-state index in [0.29, 0.717) is 0 Å². The number of rotatable bonds is 6. The van der Waals surface area contributed by atoms with Crippen LogP contribution in [0, 0.1) is 0 Å². The minimum Gasteiger partial charge on any atom is -0.135 e. The quantitative estimate of drug-likeness (QED) is 0.164. The molecule has 9 aromatic rings. The van der Waals surface area contributed by atoms with Gasteiger partial charge in [0.1, 0.15) is 0 Å². The van der Waals surface area contributed by atoms with Crippen molar-refractivity contribution in [3.63, 3.8) is 0 Å². The Balaban J connectivity index is 0.971. The van der Waals surface area contributed by atoms with E-state index >= 15 is 0 Å². The molecular weight excluding hydrogens is 645 g/mol. The Hall–Kier alpha value is -6.28. The van der Waals surface area contributed by atoms with Gasteiger partial charge in [0, 0.05) is 9.75 Å². The van der Waals surface area contributed by atoms with Gasteiger partial charge in [-0.15, -0.1) is 11.3 Å². The molecule has 1 aliphatic rings. The van der Waals surface area contributed by atoms with Crippen LogP contribution in [0.1, 0.15) is 22.3 Å². The van der Waals surface area contributed by atoms with Crippen molar-refractivity contribution >= 4 is 22.1 Å². The van der Waals surface area contributed by atoms with Crippen molar-refractivity contribution in [1.82, 2.24) is 0 Å². The van der Waals surface area contributed by atoms with E-state index in [4.69, 9.17) is 0 Å². The highest BCUT2D eigenvalue weighted by atomic mass is 32.1. The van der Waals surface area contributed by atoms with Gasteiger partial charge in [-0.05, 0) is 102 Å². The fourth-order valence-electron chi connectivity index (χ4n) is 8.29. The van der Waals surface area contributed by atoms with E-state index in [-0.39, 0.29) is 0 Å². The summed E-state index contributed by atoms with van der Waals surface area (Å²) in [5.74, 6) is 0. The molecule has 1 aliphatic carbocycles. The van der Waals surface area contributed by atoms with Crippen LogP contribution in [0.25, 0.3) is 65.0 Å². The fourth-order valence-corrected chi connectivity index (χ4v) is 9.31. The van der Waals surface area contributed by atoms with Crippen molar-refractivity contribution in [2.45, 2.75) is 5.41 Å². The number of thiophene rings is 1. The van der Waals surface area contributed by atoms with Crippen LogP contribution < -0.4 is 0 Å². The molecule has 0 saturated heterocycles. The van der Waals surface area contributed by atoms with Crippen molar-refractivity contribution in [1.29, 1.82) is 0 Å². The predicted molar refractivity (Wildman–Crippen MR) is 221 cm³/mol. The van der Waals surface area contributed by atoms with Gasteiger partial charge in [-0.3, -0.25) is 0 Å². The third-order valence-corrected chi connectivity index (χ3v) is 12.0. The summed E-state index contributed by atoms with van der Waals surface area (Å²) in [6.45, 7) is 0. The molecule has 0 N–H and O–H groups in total. The van der Waals surface area contributed by atoms with Crippen molar-refractivity contribution in [3.8, 4) is 54.3 Å². The molecule has 0 radical (unpaired) electrons. The Morgan fingerprint density at radius 3 is 1.38 bits per heavy atom. The number of hydrogen-bond donors (Lipinski definition) is 0. The first-order valence-electron chi connectivity index (χ1n) is 17.9. The molecule has 1 heterocycles. The van der Waals surface area contributed by atoms with Gasteiger partial charge in [0.2, 0.25) is 0 Å². The zero-order chi connectivity index (χ0) is 34.5. The first kappa shape index (κ1) is 30.5. The normalized spacial score (nSPS) is 12.8. The minimum atomic E-state index is -0.397. The second-order valence-corrected chi connectivity index (χ2v) is 14.8. The van der Waals surface area contributed by atoms with E-state index in [0.717, 1.165) is 0 Å². The molecule has 0 saturated carbocycles. The van der Waals surface area contributed by atoms with Gasteiger partial charge in [-0.25, -0.2) is 0 Å². The van der Waals surface area contributed by atoms with Crippen LogP contribution in [-0.2, 0) is 5.41 Å². The van der Waals surface area contributed by atoms with E-state index in [1.165, 1.54) is 87.3 Å². The standard InChI is InChI=1S/C51H34S/c1-3-13-43(14-4-1)51(44-15-5-2-6-16-44)47-18-10-9-17-45(47)46-30-29-42(34-48(46)51)37-21-26-39(27-22-37)50-32-31-49(52-50)38-24-19-36(20-25-38)41-28-23-35-11-7-8-12-40(35)33-41/h1-34H. The molecule has 0 bridgehead atoms. The van der Waals surface area contributed by atoms with E-state index < -0.39 is 5.41 Å². The van der Waals surface area contributed by atoms with E-state index in [1.54, 1.807) is 0 Å². The van der Waals surface area contributed by atoms with Gasteiger partial charge in [0.15, 0.2) is 0 Å². The molecular formula is C51H34S. The molecule has 0 spiro atoms. The molecule has 10 rings (SSSR count). The molecule has 52 heavy (non-hydrogen) atoms. The Labute approximate surface area is 309 Å². The summed E-state index contributed by atoms with van der Waals surface area (Å²) in [6.07, 6.45) is 0. The first-order valence-corrected chi connectivity index (χ1v) is 18.7. The largest absolute Gasteiger partial charge is 0.135 e. The van der Waals surface area contributed by atoms with E-state index in [1.807, 2.05) is 11.3 Å². The Bertz CT molecular complexity index is 2660. The monoisotopic (exact) mass is 678 g/mol. The molecule has 0 amide bonds. The number of fused-ring (bicyclic) bond motifs is 4. The second kappa shape index (κ2) is 12.5.